The fourth-order valence-electron chi connectivity index (χ4n) is 2.23. The fourth-order valence-corrected chi connectivity index (χ4v) is 2.23. The van der Waals surface area contributed by atoms with Crippen LogP contribution in [-0.2, 0) is 4.79 Å². The molecule has 0 atom stereocenters. The number of aromatic nitrogens is 1. The zero-order valence-electron chi connectivity index (χ0n) is 11.6. The highest BCUT2D eigenvalue weighted by Gasteiger charge is 2.21. The molecule has 2 rings (SSSR count). The maximum atomic E-state index is 12.6. The summed E-state index contributed by atoms with van der Waals surface area (Å²) in [6.07, 6.45) is 1.74. The summed E-state index contributed by atoms with van der Waals surface area (Å²) in [7, 11) is 0. The summed E-state index contributed by atoms with van der Waals surface area (Å²) in [4.78, 5) is 28.0. The van der Waals surface area contributed by atoms with E-state index in [1.807, 2.05) is 32.0 Å². The molecule has 0 spiro atoms. The first-order chi connectivity index (χ1) is 9.50. The molecule has 0 unspecified atom stereocenters. The van der Waals surface area contributed by atoms with Crippen molar-refractivity contribution in [2.45, 2.75) is 26.3 Å². The van der Waals surface area contributed by atoms with Crippen LogP contribution >= 0.6 is 0 Å². The molecule has 1 heterocycles. The third kappa shape index (κ3) is 2.82. The Morgan fingerprint density at radius 3 is 2.70 bits per heavy atom. The molecule has 2 N–H and O–H groups in total. The van der Waals surface area contributed by atoms with E-state index in [4.69, 9.17) is 5.11 Å². The molecule has 106 valence electrons. The number of nitrogens with one attached hydrogen (secondary N) is 1. The Morgan fingerprint density at radius 2 is 2.05 bits per heavy atom. The Bertz CT molecular complexity index is 631. The van der Waals surface area contributed by atoms with E-state index >= 15 is 0 Å². The van der Waals surface area contributed by atoms with Crippen LogP contribution in [0.4, 0.5) is 0 Å². The zero-order chi connectivity index (χ0) is 14.7. The van der Waals surface area contributed by atoms with Crippen LogP contribution in [0.1, 0.15) is 30.6 Å². The minimum atomic E-state index is -0.901. The van der Waals surface area contributed by atoms with Crippen LogP contribution in [0.15, 0.2) is 30.5 Å². The first-order valence-electron chi connectivity index (χ1n) is 6.59. The number of hydrogen-bond donors (Lipinski definition) is 2. The minimum absolute atomic E-state index is 0.0490. The first-order valence-corrected chi connectivity index (χ1v) is 6.59. The van der Waals surface area contributed by atoms with Gasteiger partial charge >= 0.3 is 5.97 Å². The molecule has 5 nitrogen and oxygen atoms in total. The van der Waals surface area contributed by atoms with Gasteiger partial charge in [-0.05, 0) is 26.0 Å². The first kappa shape index (κ1) is 14.1. The van der Waals surface area contributed by atoms with E-state index in [0.717, 1.165) is 10.9 Å². The SMILES string of the molecule is CC(C)N(CCC(=O)O)C(=O)c1cccc2cc[nH]c12. The molecule has 1 aromatic carbocycles. The van der Waals surface area contributed by atoms with E-state index < -0.39 is 5.97 Å². The van der Waals surface area contributed by atoms with Gasteiger partial charge in [0.05, 0.1) is 17.5 Å². The summed E-state index contributed by atoms with van der Waals surface area (Å²) in [5.41, 5.74) is 1.37. The summed E-state index contributed by atoms with van der Waals surface area (Å²) >= 11 is 0. The number of aliphatic carboxylic acids is 1. The quantitative estimate of drug-likeness (QED) is 0.879. The molecule has 0 saturated heterocycles. The zero-order valence-corrected chi connectivity index (χ0v) is 11.6. The van der Waals surface area contributed by atoms with E-state index in [-0.39, 0.29) is 24.9 Å². The molecule has 0 radical (unpaired) electrons. The van der Waals surface area contributed by atoms with Crippen molar-refractivity contribution in [3.05, 3.63) is 36.0 Å². The Labute approximate surface area is 117 Å². The predicted octanol–water partition coefficient (Wildman–Crippen LogP) is 2.49. The maximum absolute atomic E-state index is 12.6. The van der Waals surface area contributed by atoms with Crippen LogP contribution in [0.2, 0.25) is 0 Å². The second-order valence-corrected chi connectivity index (χ2v) is 4.98. The smallest absolute Gasteiger partial charge is 0.305 e. The Balaban J connectivity index is 2.31. The number of amides is 1. The van der Waals surface area contributed by atoms with Gasteiger partial charge in [-0.2, -0.15) is 0 Å². The van der Waals surface area contributed by atoms with Gasteiger partial charge in [0, 0.05) is 24.2 Å². The lowest BCUT2D eigenvalue weighted by atomic mass is 10.1. The van der Waals surface area contributed by atoms with Gasteiger partial charge in [-0.15, -0.1) is 0 Å². The van der Waals surface area contributed by atoms with Crippen molar-refractivity contribution in [1.29, 1.82) is 0 Å². The number of para-hydroxylation sites is 1. The lowest BCUT2D eigenvalue weighted by Crippen LogP contribution is -2.38. The number of carboxylic acids is 1. The summed E-state index contributed by atoms with van der Waals surface area (Å²) in [5.74, 6) is -1.05. The Kier molecular flexibility index (Phi) is 4.08. The summed E-state index contributed by atoms with van der Waals surface area (Å²) in [6, 6.07) is 7.38. The lowest BCUT2D eigenvalue weighted by molar-refractivity contribution is -0.137. The number of hydrogen-bond acceptors (Lipinski definition) is 2. The predicted molar refractivity (Wildman–Crippen MR) is 76.7 cm³/mol. The number of fused-ring (bicyclic) bond motifs is 1. The molecule has 1 aromatic heterocycles. The van der Waals surface area contributed by atoms with E-state index in [1.165, 1.54) is 0 Å². The second-order valence-electron chi connectivity index (χ2n) is 4.98. The molecule has 0 aliphatic rings. The highest BCUT2D eigenvalue weighted by atomic mass is 16.4. The van der Waals surface area contributed by atoms with Gasteiger partial charge in [0.1, 0.15) is 0 Å². The number of carboxylic acid groups (broad SMARTS) is 1. The van der Waals surface area contributed by atoms with Gasteiger partial charge in [0.15, 0.2) is 0 Å². The highest BCUT2D eigenvalue weighted by molar-refractivity contribution is 6.05. The molecule has 5 heteroatoms. The van der Waals surface area contributed by atoms with Crippen LogP contribution < -0.4 is 0 Å². The number of nitrogens with zero attached hydrogens (tertiary/aromatic N) is 1. The second kappa shape index (κ2) is 5.77. The van der Waals surface area contributed by atoms with Gasteiger partial charge < -0.3 is 15.0 Å². The van der Waals surface area contributed by atoms with Crippen LogP contribution in [0.25, 0.3) is 10.9 Å². The van der Waals surface area contributed by atoms with Crippen LogP contribution in [-0.4, -0.2) is 39.5 Å². The van der Waals surface area contributed by atoms with Crippen LogP contribution in [0.5, 0.6) is 0 Å². The third-order valence-electron chi connectivity index (χ3n) is 3.27. The standard InChI is InChI=1S/C15H18N2O3/c1-10(2)17(9-7-13(18)19)15(20)12-5-3-4-11-6-8-16-14(11)12/h3-6,8,10,16H,7,9H2,1-2H3,(H,18,19). The van der Waals surface area contributed by atoms with Gasteiger partial charge in [0.25, 0.3) is 5.91 Å². The average Bonchev–Trinajstić information content (AvgIpc) is 2.85. The topological polar surface area (TPSA) is 73.4 Å². The van der Waals surface area contributed by atoms with E-state index in [2.05, 4.69) is 4.98 Å². The molecule has 20 heavy (non-hydrogen) atoms. The Hall–Kier alpha value is -2.30. The van der Waals surface area contributed by atoms with E-state index in [0.29, 0.717) is 5.56 Å². The maximum Gasteiger partial charge on any atom is 0.305 e. The molecule has 0 saturated carbocycles. The molecule has 2 aromatic rings. The van der Waals surface area contributed by atoms with Crippen molar-refractivity contribution < 1.29 is 14.7 Å². The van der Waals surface area contributed by atoms with Crippen molar-refractivity contribution in [3.63, 3.8) is 0 Å². The number of rotatable bonds is 5. The van der Waals surface area contributed by atoms with Gasteiger partial charge in [-0.1, -0.05) is 12.1 Å². The van der Waals surface area contributed by atoms with Crippen molar-refractivity contribution in [2.24, 2.45) is 0 Å². The number of benzene rings is 1. The normalized spacial score (nSPS) is 10.9. The third-order valence-corrected chi connectivity index (χ3v) is 3.27. The molecular weight excluding hydrogens is 256 g/mol. The molecule has 0 aliphatic heterocycles. The van der Waals surface area contributed by atoms with Gasteiger partial charge in [-0.3, -0.25) is 9.59 Å². The molecular formula is C15H18N2O3. The molecule has 0 fully saturated rings. The number of carbonyl (C=O) groups excluding carboxylic acids is 1. The largest absolute Gasteiger partial charge is 0.481 e. The van der Waals surface area contributed by atoms with Gasteiger partial charge in [-0.25, -0.2) is 0 Å². The number of carbonyl (C=O) groups is 2. The number of H-pyrrole nitrogens is 1. The molecule has 0 bridgehead atoms. The van der Waals surface area contributed by atoms with E-state index in [1.54, 1.807) is 17.2 Å². The van der Waals surface area contributed by atoms with Crippen molar-refractivity contribution in [2.75, 3.05) is 6.54 Å². The minimum Gasteiger partial charge on any atom is -0.481 e. The summed E-state index contributed by atoms with van der Waals surface area (Å²) < 4.78 is 0. The molecule has 1 amide bonds. The van der Waals surface area contributed by atoms with Crippen LogP contribution in [0, 0.1) is 0 Å². The number of aromatic amines is 1. The van der Waals surface area contributed by atoms with Crippen LogP contribution in [0.3, 0.4) is 0 Å². The highest BCUT2D eigenvalue weighted by Crippen LogP contribution is 2.19. The lowest BCUT2D eigenvalue weighted by Gasteiger charge is -2.26. The van der Waals surface area contributed by atoms with Crippen molar-refractivity contribution in [1.82, 2.24) is 9.88 Å². The summed E-state index contributed by atoms with van der Waals surface area (Å²) in [6.45, 7) is 3.98. The average molecular weight is 274 g/mol. The molecule has 0 aliphatic carbocycles. The van der Waals surface area contributed by atoms with Crippen molar-refractivity contribution in [3.8, 4) is 0 Å². The Morgan fingerprint density at radius 1 is 1.30 bits per heavy atom. The fraction of sp³-hybridized carbons (Fsp3) is 0.333. The summed E-state index contributed by atoms with van der Waals surface area (Å²) in [5, 5.41) is 9.76. The monoisotopic (exact) mass is 274 g/mol. The van der Waals surface area contributed by atoms with E-state index in [9.17, 15) is 9.59 Å². The van der Waals surface area contributed by atoms with Gasteiger partial charge in [0.2, 0.25) is 0 Å². The van der Waals surface area contributed by atoms with Crippen molar-refractivity contribution >= 4 is 22.8 Å².